The molecule has 0 unspecified atom stereocenters. The van der Waals surface area contributed by atoms with E-state index in [1.807, 2.05) is 0 Å². The number of aromatic amines is 1. The molecule has 0 aliphatic rings. The molecule has 0 radical (unpaired) electrons. The lowest BCUT2D eigenvalue weighted by Crippen LogP contribution is -2.18. The summed E-state index contributed by atoms with van der Waals surface area (Å²) in [5.41, 5.74) is 0.565. The summed E-state index contributed by atoms with van der Waals surface area (Å²) < 4.78 is 15.6. The number of methoxy groups -OCH3 is 2. The van der Waals surface area contributed by atoms with Crippen molar-refractivity contribution >= 4 is 11.6 Å². The molecule has 8 nitrogen and oxygen atoms in total. The van der Waals surface area contributed by atoms with Crippen LogP contribution in [0.3, 0.4) is 0 Å². The smallest absolute Gasteiger partial charge is 0.274 e. The maximum absolute atomic E-state index is 12.1. The van der Waals surface area contributed by atoms with Crippen LogP contribution in [0.5, 0.6) is 11.5 Å². The minimum Gasteiger partial charge on any atom is -0.497 e. The Kier molecular flexibility index (Phi) is 4.46. The zero-order valence-corrected chi connectivity index (χ0v) is 13.2. The molecule has 2 heterocycles. The molecule has 124 valence electrons. The monoisotopic (exact) mass is 328 g/mol. The minimum absolute atomic E-state index is 0.215. The van der Waals surface area contributed by atoms with Crippen LogP contribution in [0.15, 0.2) is 45.8 Å². The minimum atomic E-state index is -0.337. The predicted molar refractivity (Wildman–Crippen MR) is 87.0 cm³/mol. The van der Waals surface area contributed by atoms with Crippen LogP contribution in [0.4, 0.5) is 11.6 Å². The summed E-state index contributed by atoms with van der Waals surface area (Å²) in [6.45, 7) is 0. The summed E-state index contributed by atoms with van der Waals surface area (Å²) in [7, 11) is 3.11. The Morgan fingerprint density at radius 1 is 1.21 bits per heavy atom. The maximum Gasteiger partial charge on any atom is 0.274 e. The van der Waals surface area contributed by atoms with E-state index in [0.29, 0.717) is 22.9 Å². The van der Waals surface area contributed by atoms with Crippen molar-refractivity contribution in [2.45, 2.75) is 6.42 Å². The molecular formula is C16H16N4O4. The molecule has 3 aromatic rings. The number of benzene rings is 1. The standard InChI is InChI=1S/C16H16N4O4/c1-22-10-5-6-12(14(9-10)23-2)17-16-18-15(21)13(19-20-16)8-11-4-3-7-24-11/h3-7,9H,8H2,1-2H3,(H2,17,18,20,21). The molecular weight excluding hydrogens is 312 g/mol. The first-order valence-corrected chi connectivity index (χ1v) is 7.17. The summed E-state index contributed by atoms with van der Waals surface area (Å²) in [6.07, 6.45) is 1.82. The third-order valence-electron chi connectivity index (χ3n) is 3.35. The number of nitrogens with one attached hydrogen (secondary N) is 2. The molecule has 0 bridgehead atoms. The summed E-state index contributed by atoms with van der Waals surface area (Å²) in [4.78, 5) is 14.8. The number of hydrogen-bond acceptors (Lipinski definition) is 7. The zero-order valence-electron chi connectivity index (χ0n) is 13.2. The Morgan fingerprint density at radius 3 is 2.75 bits per heavy atom. The molecule has 0 atom stereocenters. The first kappa shape index (κ1) is 15.6. The van der Waals surface area contributed by atoms with Gasteiger partial charge in [0.05, 0.1) is 32.6 Å². The van der Waals surface area contributed by atoms with Gasteiger partial charge in [-0.15, -0.1) is 10.2 Å². The highest BCUT2D eigenvalue weighted by atomic mass is 16.5. The van der Waals surface area contributed by atoms with Gasteiger partial charge in [0.1, 0.15) is 23.0 Å². The number of hydrogen-bond donors (Lipinski definition) is 2. The van der Waals surface area contributed by atoms with Crippen LogP contribution in [-0.4, -0.2) is 29.4 Å². The predicted octanol–water partition coefficient (Wildman–Crippen LogP) is 2.11. The van der Waals surface area contributed by atoms with Crippen LogP contribution in [0, 0.1) is 0 Å². The number of anilines is 2. The van der Waals surface area contributed by atoms with Gasteiger partial charge in [-0.05, 0) is 24.3 Å². The van der Waals surface area contributed by atoms with Crippen molar-refractivity contribution in [1.29, 1.82) is 0 Å². The topological polar surface area (TPSA) is 102 Å². The van der Waals surface area contributed by atoms with E-state index in [1.54, 1.807) is 50.8 Å². The molecule has 0 spiro atoms. The summed E-state index contributed by atoms with van der Waals surface area (Å²) in [5, 5.41) is 10.9. The highest BCUT2D eigenvalue weighted by molar-refractivity contribution is 5.64. The molecule has 0 fully saturated rings. The third kappa shape index (κ3) is 3.37. The zero-order chi connectivity index (χ0) is 16.9. The SMILES string of the molecule is COc1ccc(Nc2nnc(Cc3ccco3)c(=O)[nH]2)c(OC)c1. The van der Waals surface area contributed by atoms with Crippen molar-refractivity contribution in [3.8, 4) is 11.5 Å². The average Bonchev–Trinajstić information content (AvgIpc) is 3.11. The summed E-state index contributed by atoms with van der Waals surface area (Å²) in [6, 6.07) is 8.77. The third-order valence-corrected chi connectivity index (χ3v) is 3.35. The van der Waals surface area contributed by atoms with Crippen molar-refractivity contribution in [1.82, 2.24) is 15.2 Å². The normalized spacial score (nSPS) is 10.4. The van der Waals surface area contributed by atoms with Gasteiger partial charge in [-0.2, -0.15) is 0 Å². The number of aromatic nitrogens is 3. The molecule has 0 aliphatic carbocycles. The first-order valence-electron chi connectivity index (χ1n) is 7.17. The highest BCUT2D eigenvalue weighted by Gasteiger charge is 2.10. The molecule has 1 aromatic carbocycles. The Morgan fingerprint density at radius 2 is 2.08 bits per heavy atom. The van der Waals surface area contributed by atoms with E-state index in [9.17, 15) is 4.79 Å². The quantitative estimate of drug-likeness (QED) is 0.714. The van der Waals surface area contributed by atoms with E-state index in [4.69, 9.17) is 13.9 Å². The van der Waals surface area contributed by atoms with Crippen LogP contribution in [0.2, 0.25) is 0 Å². The molecule has 0 saturated carbocycles. The van der Waals surface area contributed by atoms with E-state index < -0.39 is 0 Å². The van der Waals surface area contributed by atoms with Gasteiger partial charge in [0.25, 0.3) is 5.56 Å². The number of rotatable bonds is 6. The van der Waals surface area contributed by atoms with Gasteiger partial charge < -0.3 is 19.2 Å². The van der Waals surface area contributed by atoms with Gasteiger partial charge in [-0.25, -0.2) is 0 Å². The van der Waals surface area contributed by atoms with Gasteiger partial charge in [0.2, 0.25) is 5.95 Å². The van der Waals surface area contributed by atoms with Crippen LogP contribution in [-0.2, 0) is 6.42 Å². The van der Waals surface area contributed by atoms with Crippen molar-refractivity contribution in [2.75, 3.05) is 19.5 Å². The second kappa shape index (κ2) is 6.86. The second-order valence-corrected chi connectivity index (χ2v) is 4.90. The van der Waals surface area contributed by atoms with Crippen LogP contribution in [0.1, 0.15) is 11.5 Å². The highest BCUT2D eigenvalue weighted by Crippen LogP contribution is 2.30. The second-order valence-electron chi connectivity index (χ2n) is 4.90. The van der Waals surface area contributed by atoms with Crippen LogP contribution >= 0.6 is 0 Å². The Balaban J connectivity index is 1.81. The maximum atomic E-state index is 12.1. The number of ether oxygens (including phenoxy) is 2. The molecule has 0 aliphatic heterocycles. The van der Waals surface area contributed by atoms with Crippen molar-refractivity contribution < 1.29 is 13.9 Å². The average molecular weight is 328 g/mol. The van der Waals surface area contributed by atoms with E-state index in [-0.39, 0.29) is 23.6 Å². The van der Waals surface area contributed by atoms with E-state index in [0.717, 1.165) is 0 Å². The van der Waals surface area contributed by atoms with Crippen molar-refractivity contribution in [3.05, 3.63) is 58.4 Å². The Bertz CT molecular complexity index is 874. The summed E-state index contributed by atoms with van der Waals surface area (Å²) >= 11 is 0. The lowest BCUT2D eigenvalue weighted by atomic mass is 10.2. The molecule has 3 rings (SSSR count). The van der Waals surface area contributed by atoms with Crippen LogP contribution < -0.4 is 20.3 Å². The lowest BCUT2D eigenvalue weighted by molar-refractivity contribution is 0.395. The Hall–Kier alpha value is -3.29. The fraction of sp³-hybridized carbons (Fsp3) is 0.188. The van der Waals surface area contributed by atoms with Gasteiger partial charge in [0, 0.05) is 6.07 Å². The van der Waals surface area contributed by atoms with Gasteiger partial charge >= 0.3 is 0 Å². The molecule has 0 saturated heterocycles. The molecule has 24 heavy (non-hydrogen) atoms. The fourth-order valence-corrected chi connectivity index (χ4v) is 2.14. The largest absolute Gasteiger partial charge is 0.497 e. The van der Waals surface area contributed by atoms with E-state index in [2.05, 4.69) is 20.5 Å². The number of furan rings is 1. The number of nitrogens with zero attached hydrogens (tertiary/aromatic N) is 2. The van der Waals surface area contributed by atoms with Crippen molar-refractivity contribution in [3.63, 3.8) is 0 Å². The van der Waals surface area contributed by atoms with Crippen molar-refractivity contribution in [2.24, 2.45) is 0 Å². The Labute approximate surface area is 137 Å². The van der Waals surface area contributed by atoms with Gasteiger partial charge in [-0.3, -0.25) is 9.78 Å². The molecule has 2 N–H and O–H groups in total. The van der Waals surface area contributed by atoms with Crippen LogP contribution in [0.25, 0.3) is 0 Å². The van der Waals surface area contributed by atoms with E-state index >= 15 is 0 Å². The van der Waals surface area contributed by atoms with Gasteiger partial charge in [-0.1, -0.05) is 0 Å². The molecule has 8 heteroatoms. The molecule has 0 amide bonds. The molecule has 2 aromatic heterocycles. The van der Waals surface area contributed by atoms with Gasteiger partial charge in [0.15, 0.2) is 0 Å². The first-order chi connectivity index (χ1) is 11.7. The summed E-state index contributed by atoms with van der Waals surface area (Å²) in [5.74, 6) is 2.07. The lowest BCUT2D eigenvalue weighted by Gasteiger charge is -2.11. The van der Waals surface area contributed by atoms with E-state index in [1.165, 1.54) is 0 Å². The fourth-order valence-electron chi connectivity index (χ4n) is 2.14. The number of H-pyrrole nitrogens is 1.